The molecule has 54 heavy (non-hydrogen) atoms. The lowest BCUT2D eigenvalue weighted by atomic mass is 10.3. The van der Waals surface area contributed by atoms with Crippen LogP contribution in [-0.2, 0) is 9.59 Å². The van der Waals surface area contributed by atoms with E-state index < -0.39 is 0 Å². The monoisotopic (exact) mass is 752 g/mol. The van der Waals surface area contributed by atoms with Gasteiger partial charge in [-0.15, -0.1) is 0 Å². The summed E-state index contributed by atoms with van der Waals surface area (Å²) in [6.45, 7) is 11.1. The first-order valence-electron chi connectivity index (χ1n) is 16.4. The third-order valence-corrected chi connectivity index (χ3v) is 6.17. The molecule has 0 saturated carbocycles. The van der Waals surface area contributed by atoms with E-state index in [9.17, 15) is 9.59 Å². The molecule has 0 aliphatic rings. The van der Waals surface area contributed by atoms with E-state index in [0.717, 1.165) is 39.0 Å². The van der Waals surface area contributed by atoms with Crippen molar-refractivity contribution in [1.82, 2.24) is 9.80 Å². The second-order valence-corrected chi connectivity index (χ2v) is 10.2. The lowest BCUT2D eigenvalue weighted by molar-refractivity contribution is -0.118. The van der Waals surface area contributed by atoms with E-state index in [-0.39, 0.29) is 57.5 Å². The number of aromatic hydroxyl groups is 10. The summed E-state index contributed by atoms with van der Waals surface area (Å²) in [5, 5.41) is 86.5. The van der Waals surface area contributed by atoms with E-state index >= 15 is 0 Å². The highest BCUT2D eigenvalue weighted by molar-refractivity contribution is 5.46. The average molecular weight is 753 g/mol. The quantitative estimate of drug-likeness (QED) is 0.0664. The molecule has 294 valence electrons. The highest BCUT2D eigenvalue weighted by Crippen LogP contribution is 2.16. The number of carbonyl (C=O) groups excluding carboxylic acids is 2. The minimum absolute atomic E-state index is 0.169. The van der Waals surface area contributed by atoms with Gasteiger partial charge in [-0.25, -0.2) is 0 Å². The van der Waals surface area contributed by atoms with Crippen molar-refractivity contribution in [1.29, 1.82) is 0 Å². The largest absolute Gasteiger partial charge is 0.508 e. The summed E-state index contributed by atoms with van der Waals surface area (Å²) in [5.41, 5.74) is 0. The Labute approximate surface area is 315 Å². The Morgan fingerprint density at radius 1 is 0.296 bits per heavy atom. The summed E-state index contributed by atoms with van der Waals surface area (Å²) in [4.78, 5) is 23.2. The Balaban J connectivity index is 0. The van der Waals surface area contributed by atoms with Crippen molar-refractivity contribution in [3.63, 3.8) is 0 Å². The maximum atomic E-state index is 9.89. The molecule has 0 aliphatic heterocycles. The van der Waals surface area contributed by atoms with Crippen LogP contribution in [0.15, 0.2) is 121 Å². The summed E-state index contributed by atoms with van der Waals surface area (Å²) in [5.74, 6) is 1.69. The predicted molar refractivity (Wildman–Crippen MR) is 207 cm³/mol. The molecular formula is C40H52N2O12. The van der Waals surface area contributed by atoms with Crippen LogP contribution >= 0.6 is 0 Å². The lowest BCUT2D eigenvalue weighted by Gasteiger charge is -2.08. The molecule has 2 amide bonds. The molecule has 0 radical (unpaired) electrons. The van der Waals surface area contributed by atoms with E-state index in [1.165, 1.54) is 121 Å². The molecule has 14 heteroatoms. The molecule has 0 spiro atoms. The molecule has 0 aromatic heterocycles. The van der Waals surface area contributed by atoms with Crippen LogP contribution in [0.4, 0.5) is 0 Å². The Kier molecular flexibility index (Phi) is 28.1. The first kappa shape index (κ1) is 49.2. The van der Waals surface area contributed by atoms with E-state index in [4.69, 9.17) is 51.1 Å². The van der Waals surface area contributed by atoms with Crippen LogP contribution in [0.3, 0.4) is 0 Å². The van der Waals surface area contributed by atoms with E-state index in [0.29, 0.717) is 0 Å². The molecule has 5 aromatic carbocycles. The number of hydrogen-bond donors (Lipinski definition) is 10. The van der Waals surface area contributed by atoms with Crippen molar-refractivity contribution in [2.45, 2.75) is 27.7 Å². The molecule has 14 nitrogen and oxygen atoms in total. The summed E-state index contributed by atoms with van der Waals surface area (Å²) in [7, 11) is 0. The molecular weight excluding hydrogens is 700 g/mol. The fourth-order valence-corrected chi connectivity index (χ4v) is 3.01. The highest BCUT2D eigenvalue weighted by atomic mass is 16.3. The number of benzene rings is 5. The van der Waals surface area contributed by atoms with Gasteiger partial charge in [0.15, 0.2) is 0 Å². The van der Waals surface area contributed by atoms with Gasteiger partial charge in [-0.3, -0.25) is 9.59 Å². The first-order valence-corrected chi connectivity index (χ1v) is 16.4. The maximum absolute atomic E-state index is 9.89. The van der Waals surface area contributed by atoms with Crippen LogP contribution < -0.4 is 0 Å². The predicted octanol–water partition coefficient (Wildman–Crippen LogP) is 6.46. The van der Waals surface area contributed by atoms with Gasteiger partial charge in [-0.1, -0.05) is 0 Å². The number of carbonyl (C=O) groups is 2. The standard InChI is InChI=1S/5C6H6O2.2C5H11NO/c5*7-5-1-2-6(8)4-3-5;2*1-3-6(4-2)5-7/h5*1-4,7-8H;2*5H,3-4H2,1-2H3. The Morgan fingerprint density at radius 2 is 0.389 bits per heavy atom. The second kappa shape index (κ2) is 30.8. The van der Waals surface area contributed by atoms with Crippen molar-refractivity contribution in [2.24, 2.45) is 0 Å². The molecule has 10 N–H and O–H groups in total. The molecule has 0 atom stereocenters. The van der Waals surface area contributed by atoms with Gasteiger partial charge < -0.3 is 60.9 Å². The van der Waals surface area contributed by atoms with E-state index in [2.05, 4.69) is 0 Å². The van der Waals surface area contributed by atoms with Gasteiger partial charge in [0, 0.05) is 26.2 Å². The van der Waals surface area contributed by atoms with Crippen molar-refractivity contribution < 1.29 is 60.7 Å². The summed E-state index contributed by atoms with van der Waals surface area (Å²) in [6.07, 6.45) is 1.72. The minimum atomic E-state index is 0.169. The normalized spacial score (nSPS) is 8.81. The van der Waals surface area contributed by atoms with Crippen molar-refractivity contribution in [2.75, 3.05) is 26.2 Å². The van der Waals surface area contributed by atoms with Gasteiger partial charge in [0.1, 0.15) is 57.5 Å². The number of nitrogens with zero attached hydrogens (tertiary/aromatic N) is 2. The number of hydrogen-bond acceptors (Lipinski definition) is 12. The Hall–Kier alpha value is -6.96. The number of phenolic OH excluding ortho intramolecular Hbond substituents is 10. The minimum Gasteiger partial charge on any atom is -0.508 e. The SMILES string of the molecule is CCN(C=O)CC.CCN(C=O)CC.Oc1ccc(O)cc1.Oc1ccc(O)cc1.Oc1ccc(O)cc1.Oc1ccc(O)cc1.Oc1ccc(O)cc1. The number of amides is 2. The summed E-state index contributed by atoms with van der Waals surface area (Å²) >= 11 is 0. The second-order valence-electron chi connectivity index (χ2n) is 10.2. The van der Waals surface area contributed by atoms with Crippen molar-refractivity contribution in [3.8, 4) is 57.5 Å². The number of rotatable bonds is 6. The van der Waals surface area contributed by atoms with Crippen LogP contribution in [0.2, 0.25) is 0 Å². The highest BCUT2D eigenvalue weighted by Gasteiger charge is 1.89. The van der Waals surface area contributed by atoms with Crippen molar-refractivity contribution in [3.05, 3.63) is 121 Å². The van der Waals surface area contributed by atoms with Gasteiger partial charge >= 0.3 is 0 Å². The fraction of sp³-hybridized carbons (Fsp3) is 0.200. The van der Waals surface area contributed by atoms with Crippen LogP contribution in [0, 0.1) is 0 Å². The molecule has 0 saturated heterocycles. The third kappa shape index (κ3) is 28.8. The zero-order valence-corrected chi connectivity index (χ0v) is 30.7. The zero-order valence-electron chi connectivity index (χ0n) is 30.7. The topological polar surface area (TPSA) is 243 Å². The first-order chi connectivity index (χ1) is 25.6. The van der Waals surface area contributed by atoms with Crippen LogP contribution in [0.5, 0.6) is 57.5 Å². The number of phenols is 10. The molecule has 0 heterocycles. The molecule has 0 bridgehead atoms. The van der Waals surface area contributed by atoms with Gasteiger partial charge in [-0.05, 0) is 149 Å². The average Bonchev–Trinajstić information content (AvgIpc) is 3.17. The van der Waals surface area contributed by atoms with Crippen molar-refractivity contribution >= 4 is 12.8 Å². The molecule has 0 aliphatic carbocycles. The van der Waals surface area contributed by atoms with Crippen LogP contribution in [-0.4, -0.2) is 99.9 Å². The molecule has 0 unspecified atom stereocenters. The molecule has 5 rings (SSSR count). The zero-order chi connectivity index (χ0) is 41.3. The Bertz CT molecular complexity index is 1240. The fourth-order valence-electron chi connectivity index (χ4n) is 3.01. The third-order valence-electron chi connectivity index (χ3n) is 6.17. The molecule has 0 fully saturated rings. The van der Waals surface area contributed by atoms with Crippen LogP contribution in [0.1, 0.15) is 27.7 Å². The lowest BCUT2D eigenvalue weighted by Crippen LogP contribution is -2.19. The van der Waals surface area contributed by atoms with Gasteiger partial charge in [0.2, 0.25) is 12.8 Å². The van der Waals surface area contributed by atoms with Gasteiger partial charge in [0.05, 0.1) is 0 Å². The smallest absolute Gasteiger partial charge is 0.209 e. The Morgan fingerprint density at radius 3 is 0.426 bits per heavy atom. The van der Waals surface area contributed by atoms with E-state index in [1.807, 2.05) is 27.7 Å². The van der Waals surface area contributed by atoms with Gasteiger partial charge in [-0.2, -0.15) is 0 Å². The molecule has 5 aromatic rings. The van der Waals surface area contributed by atoms with Gasteiger partial charge in [0.25, 0.3) is 0 Å². The van der Waals surface area contributed by atoms with E-state index in [1.54, 1.807) is 9.80 Å². The maximum Gasteiger partial charge on any atom is 0.209 e. The van der Waals surface area contributed by atoms with Crippen LogP contribution in [0.25, 0.3) is 0 Å². The summed E-state index contributed by atoms with van der Waals surface area (Å²) in [6, 6.07) is 28.5. The summed E-state index contributed by atoms with van der Waals surface area (Å²) < 4.78 is 0.